The average Bonchev–Trinajstić information content (AvgIpc) is 3.23. The lowest BCUT2D eigenvalue weighted by Gasteiger charge is -2.18. The van der Waals surface area contributed by atoms with Crippen LogP contribution in [0.5, 0.6) is 0 Å². The first-order valence-electron chi connectivity index (χ1n) is 26.9. The number of esters is 3. The van der Waals surface area contributed by atoms with E-state index in [1.54, 1.807) is 0 Å². The predicted octanol–water partition coefficient (Wildman–Crippen LogP) is 17.5. The van der Waals surface area contributed by atoms with E-state index in [4.69, 9.17) is 14.2 Å². The fourth-order valence-electron chi connectivity index (χ4n) is 8.22. The maximum absolute atomic E-state index is 12.8. The van der Waals surface area contributed by atoms with Gasteiger partial charge in [0, 0.05) is 19.3 Å². The lowest BCUT2D eigenvalue weighted by Crippen LogP contribution is -2.30. The molecule has 6 heteroatoms. The summed E-state index contributed by atoms with van der Waals surface area (Å²) < 4.78 is 16.8. The molecule has 0 N–H and O–H groups in total. The number of unbranched alkanes of at least 4 members (excludes halogenated alkanes) is 36. The lowest BCUT2D eigenvalue weighted by molar-refractivity contribution is -0.167. The molecule has 0 saturated carbocycles. The number of carbonyl (C=O) groups excluding carboxylic acids is 3. The molecule has 0 aliphatic heterocycles. The summed E-state index contributed by atoms with van der Waals surface area (Å²) in [6, 6.07) is 0. The molecule has 0 amide bonds. The first-order valence-corrected chi connectivity index (χ1v) is 26.9. The van der Waals surface area contributed by atoms with E-state index in [0.717, 1.165) is 63.7 Å². The molecule has 60 heavy (non-hydrogen) atoms. The van der Waals surface area contributed by atoms with Gasteiger partial charge in [-0.1, -0.05) is 265 Å². The predicted molar refractivity (Wildman–Crippen MR) is 257 cm³/mol. The molecule has 0 aromatic carbocycles. The molecule has 0 aliphatic rings. The molecule has 356 valence electrons. The Bertz CT molecular complexity index is 903. The minimum atomic E-state index is -0.759. The number of hydrogen-bond acceptors (Lipinski definition) is 6. The van der Waals surface area contributed by atoms with Crippen molar-refractivity contribution in [1.82, 2.24) is 0 Å². The Balaban J connectivity index is 4.16. The maximum Gasteiger partial charge on any atom is 0.306 e. The number of rotatable bonds is 49. The van der Waals surface area contributed by atoms with Crippen LogP contribution in [0.15, 0.2) is 0 Å². The van der Waals surface area contributed by atoms with E-state index >= 15 is 0 Å². The van der Waals surface area contributed by atoms with E-state index in [0.29, 0.717) is 19.3 Å². The molecule has 0 aromatic rings. The molecular formula is C54H104O6. The van der Waals surface area contributed by atoms with Crippen LogP contribution in [0.4, 0.5) is 0 Å². The molecular weight excluding hydrogens is 745 g/mol. The summed E-state index contributed by atoms with van der Waals surface area (Å²) in [5, 5.41) is 0. The van der Waals surface area contributed by atoms with Crippen LogP contribution < -0.4 is 0 Å². The van der Waals surface area contributed by atoms with E-state index in [9.17, 15) is 14.4 Å². The van der Waals surface area contributed by atoms with Crippen molar-refractivity contribution >= 4 is 17.9 Å². The molecule has 0 fully saturated rings. The van der Waals surface area contributed by atoms with Crippen molar-refractivity contribution in [2.45, 2.75) is 310 Å². The van der Waals surface area contributed by atoms with Gasteiger partial charge in [-0.25, -0.2) is 0 Å². The zero-order chi connectivity index (χ0) is 43.8. The Morgan fingerprint density at radius 2 is 0.550 bits per heavy atom. The summed E-state index contributed by atoms with van der Waals surface area (Å²) >= 11 is 0. The molecule has 1 atom stereocenters. The summed E-state index contributed by atoms with van der Waals surface area (Å²) in [6.45, 7) is 9.03. The average molecular weight is 849 g/mol. The Morgan fingerprint density at radius 1 is 0.317 bits per heavy atom. The highest BCUT2D eigenvalue weighted by atomic mass is 16.6. The van der Waals surface area contributed by atoms with Gasteiger partial charge in [0.2, 0.25) is 0 Å². The second kappa shape index (κ2) is 48.4. The molecule has 0 bridgehead atoms. The van der Waals surface area contributed by atoms with Gasteiger partial charge in [-0.3, -0.25) is 14.4 Å². The highest BCUT2D eigenvalue weighted by Crippen LogP contribution is 2.17. The first-order chi connectivity index (χ1) is 29.4. The van der Waals surface area contributed by atoms with Crippen LogP contribution in [0.2, 0.25) is 0 Å². The Labute approximate surface area is 374 Å². The normalized spacial score (nSPS) is 11.9. The van der Waals surface area contributed by atoms with Gasteiger partial charge in [-0.2, -0.15) is 0 Å². The Kier molecular flexibility index (Phi) is 47.2. The van der Waals surface area contributed by atoms with E-state index in [1.165, 1.54) is 199 Å². The minimum Gasteiger partial charge on any atom is -0.462 e. The zero-order valence-corrected chi connectivity index (χ0v) is 40.9. The van der Waals surface area contributed by atoms with Crippen LogP contribution in [-0.2, 0) is 28.6 Å². The fraction of sp³-hybridized carbons (Fsp3) is 0.944. The van der Waals surface area contributed by atoms with E-state index in [2.05, 4.69) is 27.7 Å². The molecule has 0 radical (unpaired) electrons. The van der Waals surface area contributed by atoms with Gasteiger partial charge in [0.1, 0.15) is 13.2 Å². The highest BCUT2D eigenvalue weighted by molar-refractivity contribution is 5.71. The van der Waals surface area contributed by atoms with Crippen molar-refractivity contribution in [3.63, 3.8) is 0 Å². The van der Waals surface area contributed by atoms with Crippen molar-refractivity contribution < 1.29 is 28.6 Å². The minimum absolute atomic E-state index is 0.0625. The van der Waals surface area contributed by atoms with Crippen molar-refractivity contribution in [2.24, 2.45) is 5.92 Å². The summed E-state index contributed by atoms with van der Waals surface area (Å²) in [5.74, 6) is 0.0140. The topological polar surface area (TPSA) is 78.9 Å². The smallest absolute Gasteiger partial charge is 0.306 e. The van der Waals surface area contributed by atoms with E-state index in [1.807, 2.05) is 0 Å². The van der Waals surface area contributed by atoms with Gasteiger partial charge in [0.25, 0.3) is 0 Å². The van der Waals surface area contributed by atoms with Crippen molar-refractivity contribution in [1.29, 1.82) is 0 Å². The van der Waals surface area contributed by atoms with Gasteiger partial charge >= 0.3 is 17.9 Å². The Morgan fingerprint density at radius 3 is 0.817 bits per heavy atom. The monoisotopic (exact) mass is 849 g/mol. The van der Waals surface area contributed by atoms with Crippen LogP contribution in [-0.4, -0.2) is 37.2 Å². The van der Waals surface area contributed by atoms with Crippen LogP contribution in [0.25, 0.3) is 0 Å². The van der Waals surface area contributed by atoms with Crippen LogP contribution in [0, 0.1) is 5.92 Å². The van der Waals surface area contributed by atoms with Crippen LogP contribution in [0.3, 0.4) is 0 Å². The highest BCUT2D eigenvalue weighted by Gasteiger charge is 2.19. The second-order valence-corrected chi connectivity index (χ2v) is 19.0. The lowest BCUT2D eigenvalue weighted by atomic mass is 10.0. The van der Waals surface area contributed by atoms with Crippen molar-refractivity contribution in [3.05, 3.63) is 0 Å². The van der Waals surface area contributed by atoms with Gasteiger partial charge in [-0.05, 0) is 25.2 Å². The van der Waals surface area contributed by atoms with Gasteiger partial charge < -0.3 is 14.2 Å². The van der Waals surface area contributed by atoms with Gasteiger partial charge in [-0.15, -0.1) is 0 Å². The summed E-state index contributed by atoms with van der Waals surface area (Å²) in [5.41, 5.74) is 0. The molecule has 0 aliphatic carbocycles. The fourth-order valence-corrected chi connectivity index (χ4v) is 8.22. The van der Waals surface area contributed by atoms with Gasteiger partial charge in [0.15, 0.2) is 6.10 Å². The van der Waals surface area contributed by atoms with Crippen LogP contribution in [0.1, 0.15) is 304 Å². The third-order valence-corrected chi connectivity index (χ3v) is 12.3. The largest absolute Gasteiger partial charge is 0.462 e. The molecule has 0 spiro atoms. The standard InChI is InChI=1S/C54H104O6/c1-5-7-9-11-13-15-16-26-31-35-39-43-47-54(57)60-51(48-58-52(55)45-41-37-33-28-14-12-10-8-6-2)49-59-53(56)46-42-38-34-30-27-24-22-20-18-17-19-21-23-25-29-32-36-40-44-50(3)4/h50-51H,5-49H2,1-4H3/t51-/m1/s1. The van der Waals surface area contributed by atoms with Crippen LogP contribution >= 0.6 is 0 Å². The second-order valence-electron chi connectivity index (χ2n) is 19.0. The van der Waals surface area contributed by atoms with Crippen molar-refractivity contribution in [2.75, 3.05) is 13.2 Å². The summed E-state index contributed by atoms with van der Waals surface area (Å²) in [6.07, 6.45) is 51.0. The number of carbonyl (C=O) groups is 3. The third kappa shape index (κ3) is 47.5. The van der Waals surface area contributed by atoms with E-state index in [-0.39, 0.29) is 31.1 Å². The molecule has 6 nitrogen and oxygen atoms in total. The SMILES string of the molecule is CCCCCCCCCCCCCCC(=O)O[C@H](COC(=O)CCCCCCCCCCC)COC(=O)CCCCCCCCCCCCCCCCCCCCC(C)C. The summed E-state index contributed by atoms with van der Waals surface area (Å²) in [4.78, 5) is 37.9. The molecule has 0 saturated heterocycles. The van der Waals surface area contributed by atoms with E-state index < -0.39 is 6.10 Å². The molecule has 0 unspecified atom stereocenters. The maximum atomic E-state index is 12.8. The van der Waals surface area contributed by atoms with Gasteiger partial charge in [0.05, 0.1) is 0 Å². The number of ether oxygens (including phenoxy) is 3. The number of hydrogen-bond donors (Lipinski definition) is 0. The van der Waals surface area contributed by atoms with Crippen molar-refractivity contribution in [3.8, 4) is 0 Å². The zero-order valence-electron chi connectivity index (χ0n) is 40.9. The summed E-state index contributed by atoms with van der Waals surface area (Å²) in [7, 11) is 0. The quantitative estimate of drug-likeness (QED) is 0.0345. The molecule has 0 aromatic heterocycles. The Hall–Kier alpha value is -1.59. The first kappa shape index (κ1) is 58.4. The third-order valence-electron chi connectivity index (χ3n) is 12.3. The molecule has 0 rings (SSSR count). The molecule has 0 heterocycles.